The van der Waals surface area contributed by atoms with Crippen LogP contribution in [0, 0.1) is 0 Å². The molecule has 0 bridgehead atoms. The molecule has 2 heterocycles. The van der Waals surface area contributed by atoms with Crippen molar-refractivity contribution >= 4 is 0 Å². The molecular weight excluding hydrogens is 355 g/mol. The van der Waals surface area contributed by atoms with Gasteiger partial charge in [-0.1, -0.05) is 12.1 Å². The summed E-state index contributed by atoms with van der Waals surface area (Å²) in [4.78, 5) is 8.56. The summed E-state index contributed by atoms with van der Waals surface area (Å²) in [5.74, 6) is 0.705. The van der Waals surface area contributed by atoms with Crippen LogP contribution in [-0.2, 0) is 12.6 Å². The molecule has 4 nitrogen and oxygen atoms in total. The van der Waals surface area contributed by atoms with Crippen molar-refractivity contribution in [2.45, 2.75) is 19.0 Å². The first kappa shape index (κ1) is 19.6. The van der Waals surface area contributed by atoms with Crippen molar-refractivity contribution in [2.24, 2.45) is 0 Å². The van der Waals surface area contributed by atoms with Gasteiger partial charge in [0.05, 0.1) is 5.56 Å². The molecule has 27 heavy (non-hydrogen) atoms. The van der Waals surface area contributed by atoms with Gasteiger partial charge in [-0.3, -0.25) is 0 Å². The van der Waals surface area contributed by atoms with Crippen LogP contribution in [0.4, 0.5) is 13.2 Å². The minimum atomic E-state index is -4.39. The van der Waals surface area contributed by atoms with Crippen LogP contribution in [0.15, 0.2) is 42.6 Å². The number of aromatic nitrogens is 1. The number of aryl methyl sites for hydroxylation is 1. The molecule has 1 aromatic carbocycles. The van der Waals surface area contributed by atoms with Gasteiger partial charge in [0, 0.05) is 38.4 Å². The Bertz CT molecular complexity index is 709. The maximum absolute atomic E-state index is 12.5. The summed E-state index contributed by atoms with van der Waals surface area (Å²) in [7, 11) is 2.15. The van der Waals surface area contributed by atoms with Gasteiger partial charge in [0.1, 0.15) is 5.75 Å². The third kappa shape index (κ3) is 5.94. The molecule has 1 aliphatic heterocycles. The van der Waals surface area contributed by atoms with Crippen LogP contribution in [0.25, 0.3) is 0 Å². The molecule has 0 N–H and O–H groups in total. The molecule has 0 atom stereocenters. The number of ether oxygens (including phenoxy) is 1. The highest BCUT2D eigenvalue weighted by atomic mass is 19.4. The normalized spacial score (nSPS) is 16.4. The fourth-order valence-electron chi connectivity index (χ4n) is 3.03. The molecule has 0 saturated carbocycles. The number of hydrogen-bond acceptors (Lipinski definition) is 4. The molecule has 1 saturated heterocycles. The lowest BCUT2D eigenvalue weighted by Crippen LogP contribution is -2.44. The highest BCUT2D eigenvalue weighted by molar-refractivity contribution is 5.31. The SMILES string of the molecule is CN1CCN(CCCc2ccc(Oc3ccc(C(F)(F)F)cn3)cc2)CC1. The summed E-state index contributed by atoms with van der Waals surface area (Å²) in [5.41, 5.74) is 0.433. The predicted molar refractivity (Wildman–Crippen MR) is 98.0 cm³/mol. The molecule has 1 fully saturated rings. The standard InChI is InChI=1S/C20H24F3N3O/c1-25-11-13-26(14-12-25)10-2-3-16-4-7-18(8-5-16)27-19-9-6-17(15-24-19)20(21,22)23/h4-9,15H,2-3,10-14H2,1H3. The van der Waals surface area contributed by atoms with Crippen LogP contribution in [0.3, 0.4) is 0 Å². The first-order valence-electron chi connectivity index (χ1n) is 9.11. The molecule has 0 unspecified atom stereocenters. The van der Waals surface area contributed by atoms with Gasteiger partial charge in [-0.25, -0.2) is 4.98 Å². The number of rotatable bonds is 6. The number of pyridine rings is 1. The Labute approximate surface area is 157 Å². The number of hydrogen-bond donors (Lipinski definition) is 0. The summed E-state index contributed by atoms with van der Waals surface area (Å²) in [6, 6.07) is 9.82. The fraction of sp³-hybridized carbons (Fsp3) is 0.450. The maximum atomic E-state index is 12.5. The van der Waals surface area contributed by atoms with Gasteiger partial charge in [0.2, 0.25) is 5.88 Å². The van der Waals surface area contributed by atoms with Crippen LogP contribution < -0.4 is 4.74 Å². The van der Waals surface area contributed by atoms with Crippen molar-refractivity contribution in [3.05, 3.63) is 53.7 Å². The molecule has 1 aromatic heterocycles. The molecule has 3 rings (SSSR count). The van der Waals surface area contributed by atoms with Gasteiger partial charge >= 0.3 is 6.18 Å². The number of alkyl halides is 3. The quantitative estimate of drug-likeness (QED) is 0.756. The summed E-state index contributed by atoms with van der Waals surface area (Å²) in [6.07, 6.45) is -1.52. The third-order valence-corrected chi connectivity index (χ3v) is 4.75. The number of halogens is 3. The summed E-state index contributed by atoms with van der Waals surface area (Å²) in [5, 5.41) is 0. The van der Waals surface area contributed by atoms with Gasteiger partial charge in [-0.2, -0.15) is 13.2 Å². The Hall–Kier alpha value is -2.12. The summed E-state index contributed by atoms with van der Waals surface area (Å²) < 4.78 is 43.1. The fourth-order valence-corrected chi connectivity index (χ4v) is 3.03. The highest BCUT2D eigenvalue weighted by Gasteiger charge is 2.30. The van der Waals surface area contributed by atoms with E-state index in [1.165, 1.54) is 11.6 Å². The zero-order valence-electron chi connectivity index (χ0n) is 15.4. The lowest BCUT2D eigenvalue weighted by atomic mass is 10.1. The Morgan fingerprint density at radius 1 is 1.00 bits per heavy atom. The Kier molecular flexibility index (Phi) is 6.34. The first-order chi connectivity index (χ1) is 12.9. The maximum Gasteiger partial charge on any atom is 0.417 e. The Balaban J connectivity index is 1.46. The molecule has 0 spiro atoms. The van der Waals surface area contributed by atoms with E-state index in [2.05, 4.69) is 21.8 Å². The van der Waals surface area contributed by atoms with E-state index in [4.69, 9.17) is 4.74 Å². The minimum absolute atomic E-state index is 0.144. The number of benzene rings is 1. The number of nitrogens with zero attached hydrogens (tertiary/aromatic N) is 3. The van der Waals surface area contributed by atoms with Crippen molar-refractivity contribution in [1.82, 2.24) is 14.8 Å². The number of likely N-dealkylation sites (N-methyl/N-ethyl adjacent to an activating group) is 1. The molecule has 0 aliphatic carbocycles. The van der Waals surface area contributed by atoms with Crippen molar-refractivity contribution in [2.75, 3.05) is 39.8 Å². The van der Waals surface area contributed by atoms with Crippen molar-refractivity contribution < 1.29 is 17.9 Å². The second-order valence-corrected chi connectivity index (χ2v) is 6.88. The van der Waals surface area contributed by atoms with Gasteiger partial charge in [-0.05, 0) is 50.2 Å². The first-order valence-corrected chi connectivity index (χ1v) is 9.11. The molecule has 1 aliphatic rings. The van der Waals surface area contributed by atoms with Crippen LogP contribution in [0.2, 0.25) is 0 Å². The van der Waals surface area contributed by atoms with Crippen molar-refractivity contribution in [3.63, 3.8) is 0 Å². The molecule has 2 aromatic rings. The lowest BCUT2D eigenvalue weighted by Gasteiger charge is -2.32. The summed E-state index contributed by atoms with van der Waals surface area (Å²) in [6.45, 7) is 5.61. The average Bonchev–Trinajstić information content (AvgIpc) is 2.64. The minimum Gasteiger partial charge on any atom is -0.439 e. The van der Waals surface area contributed by atoms with E-state index in [-0.39, 0.29) is 5.88 Å². The topological polar surface area (TPSA) is 28.6 Å². The zero-order valence-corrected chi connectivity index (χ0v) is 15.4. The van der Waals surface area contributed by atoms with Crippen LogP contribution in [-0.4, -0.2) is 54.6 Å². The van der Waals surface area contributed by atoms with E-state index in [0.717, 1.165) is 57.8 Å². The van der Waals surface area contributed by atoms with E-state index in [1.807, 2.05) is 24.3 Å². The number of piperazine rings is 1. The lowest BCUT2D eigenvalue weighted by molar-refractivity contribution is -0.137. The highest BCUT2D eigenvalue weighted by Crippen LogP contribution is 2.30. The zero-order chi connectivity index (χ0) is 19.3. The van der Waals surface area contributed by atoms with Gasteiger partial charge in [0.25, 0.3) is 0 Å². The molecular formula is C20H24F3N3O. The molecule has 0 radical (unpaired) electrons. The van der Waals surface area contributed by atoms with Gasteiger partial charge in [0.15, 0.2) is 0 Å². The van der Waals surface area contributed by atoms with Crippen LogP contribution in [0.1, 0.15) is 17.5 Å². The third-order valence-electron chi connectivity index (χ3n) is 4.75. The van der Waals surface area contributed by atoms with Gasteiger partial charge in [-0.15, -0.1) is 0 Å². The Morgan fingerprint density at radius 3 is 2.30 bits per heavy atom. The van der Waals surface area contributed by atoms with E-state index >= 15 is 0 Å². The van der Waals surface area contributed by atoms with Crippen molar-refractivity contribution in [1.29, 1.82) is 0 Å². The monoisotopic (exact) mass is 379 g/mol. The predicted octanol–water partition coefficient (Wildman–Crippen LogP) is 4.07. The van der Waals surface area contributed by atoms with E-state index in [9.17, 15) is 13.2 Å². The van der Waals surface area contributed by atoms with E-state index < -0.39 is 11.7 Å². The summed E-state index contributed by atoms with van der Waals surface area (Å²) >= 11 is 0. The van der Waals surface area contributed by atoms with Crippen molar-refractivity contribution in [3.8, 4) is 11.6 Å². The Morgan fingerprint density at radius 2 is 1.70 bits per heavy atom. The smallest absolute Gasteiger partial charge is 0.417 e. The molecule has 7 heteroatoms. The molecule has 0 amide bonds. The van der Waals surface area contributed by atoms with E-state index in [0.29, 0.717) is 5.75 Å². The average molecular weight is 379 g/mol. The molecule has 146 valence electrons. The van der Waals surface area contributed by atoms with Crippen LogP contribution >= 0.6 is 0 Å². The second kappa shape index (κ2) is 8.71. The van der Waals surface area contributed by atoms with Gasteiger partial charge < -0.3 is 14.5 Å². The largest absolute Gasteiger partial charge is 0.439 e. The van der Waals surface area contributed by atoms with Crippen LogP contribution in [0.5, 0.6) is 11.6 Å². The second-order valence-electron chi connectivity index (χ2n) is 6.88. The van der Waals surface area contributed by atoms with E-state index in [1.54, 1.807) is 0 Å².